The van der Waals surface area contributed by atoms with Crippen LogP contribution in [0.3, 0.4) is 0 Å². The Hall–Kier alpha value is -2.79. The summed E-state index contributed by atoms with van der Waals surface area (Å²) in [5.74, 6) is 0.501. The van der Waals surface area contributed by atoms with Crippen LogP contribution in [-0.2, 0) is 4.79 Å². The lowest BCUT2D eigenvalue weighted by Crippen LogP contribution is -2.22. The molecule has 8 nitrogen and oxygen atoms in total. The van der Waals surface area contributed by atoms with Crippen LogP contribution in [0.25, 0.3) is 16.7 Å². The molecular weight excluding hydrogens is 552 g/mol. The summed E-state index contributed by atoms with van der Waals surface area (Å²) in [5.41, 5.74) is 1.72. The van der Waals surface area contributed by atoms with Crippen molar-refractivity contribution in [2.24, 2.45) is 0 Å². The Labute approximate surface area is 221 Å². The molecule has 0 unspecified atom stereocenters. The highest BCUT2D eigenvalue weighted by Gasteiger charge is 2.15. The second kappa shape index (κ2) is 11.3. The van der Waals surface area contributed by atoms with Gasteiger partial charge in [-0.15, -0.1) is 10.2 Å². The number of aliphatic carboxylic acids is 1. The third-order valence-electron chi connectivity index (χ3n) is 5.05. The van der Waals surface area contributed by atoms with Crippen molar-refractivity contribution in [3.8, 4) is 5.82 Å². The van der Waals surface area contributed by atoms with Crippen molar-refractivity contribution in [3.63, 3.8) is 0 Å². The number of benzene rings is 2. The lowest BCUT2D eigenvalue weighted by atomic mass is 10.2. The van der Waals surface area contributed by atoms with Crippen LogP contribution in [-0.4, -0.2) is 64.5 Å². The Balaban J connectivity index is 1.57. The first kappa shape index (κ1) is 25.3. The quantitative estimate of drug-likeness (QED) is 0.243. The number of nitrogens with zero attached hydrogens (tertiary/aromatic N) is 5. The van der Waals surface area contributed by atoms with E-state index in [4.69, 9.17) is 11.6 Å². The molecule has 11 heteroatoms. The minimum absolute atomic E-state index is 0.172. The zero-order chi connectivity index (χ0) is 24.9. The molecule has 0 fully saturated rings. The van der Waals surface area contributed by atoms with Gasteiger partial charge in [-0.2, -0.15) is 0 Å². The van der Waals surface area contributed by atoms with E-state index in [2.05, 4.69) is 36.3 Å². The van der Waals surface area contributed by atoms with Crippen molar-refractivity contribution in [1.82, 2.24) is 19.7 Å². The van der Waals surface area contributed by atoms with E-state index in [0.29, 0.717) is 10.8 Å². The Kier molecular flexibility index (Phi) is 8.17. The predicted molar refractivity (Wildman–Crippen MR) is 146 cm³/mol. The number of fused-ring (bicyclic) bond motifs is 1. The molecule has 2 N–H and O–H groups in total. The Morgan fingerprint density at radius 1 is 1.14 bits per heavy atom. The summed E-state index contributed by atoms with van der Waals surface area (Å²) in [6.07, 6.45) is 1.93. The van der Waals surface area contributed by atoms with Crippen LogP contribution in [0.4, 0.5) is 11.5 Å². The first-order valence-corrected chi connectivity index (χ1v) is 12.7. The molecule has 2 heterocycles. The monoisotopic (exact) mass is 574 g/mol. The fourth-order valence-electron chi connectivity index (χ4n) is 3.45. The van der Waals surface area contributed by atoms with Gasteiger partial charge in [0, 0.05) is 44.8 Å². The third kappa shape index (κ3) is 6.66. The highest BCUT2D eigenvalue weighted by molar-refractivity contribution is 9.10. The summed E-state index contributed by atoms with van der Waals surface area (Å²) in [7, 11) is 4.05. The molecule has 0 spiro atoms. The summed E-state index contributed by atoms with van der Waals surface area (Å²) >= 11 is 10.9. The van der Waals surface area contributed by atoms with Crippen molar-refractivity contribution in [1.29, 1.82) is 0 Å². The van der Waals surface area contributed by atoms with Gasteiger partial charge in [-0.1, -0.05) is 27.5 Å². The molecule has 0 saturated heterocycles. The van der Waals surface area contributed by atoms with Crippen LogP contribution in [0.2, 0.25) is 5.02 Å². The van der Waals surface area contributed by atoms with Gasteiger partial charge in [0.05, 0.1) is 5.52 Å². The second-order valence-corrected chi connectivity index (χ2v) is 10.5. The maximum Gasteiger partial charge on any atom is 0.324 e. The minimum atomic E-state index is -0.925. The molecule has 2 aromatic heterocycles. The number of carboxylic acids is 1. The SMILES string of the molecule is CN(C)CCNc1ccc(-n2ccc3cc(N(CC(=O)O)Sc4cc(Cl)cc(Br)c4)ccc32)nn1. The Bertz CT molecular complexity index is 1310. The van der Waals surface area contributed by atoms with Gasteiger partial charge in [0.2, 0.25) is 0 Å². The van der Waals surface area contributed by atoms with Gasteiger partial charge in [-0.25, -0.2) is 0 Å². The van der Waals surface area contributed by atoms with Gasteiger partial charge in [-0.05, 0) is 80.6 Å². The van der Waals surface area contributed by atoms with Gasteiger partial charge in [0.1, 0.15) is 12.4 Å². The molecule has 182 valence electrons. The van der Waals surface area contributed by atoms with E-state index in [1.807, 2.05) is 67.3 Å². The molecule has 0 atom stereocenters. The molecule has 0 saturated carbocycles. The molecule has 0 radical (unpaired) electrons. The first-order valence-electron chi connectivity index (χ1n) is 10.8. The van der Waals surface area contributed by atoms with E-state index in [9.17, 15) is 9.90 Å². The zero-order valence-corrected chi connectivity index (χ0v) is 22.3. The van der Waals surface area contributed by atoms with Crippen molar-refractivity contribution >= 4 is 67.9 Å². The summed E-state index contributed by atoms with van der Waals surface area (Å²) in [5, 5.41) is 22.9. The van der Waals surface area contributed by atoms with Gasteiger partial charge in [0.25, 0.3) is 0 Å². The highest BCUT2D eigenvalue weighted by atomic mass is 79.9. The fraction of sp³-hybridized carbons (Fsp3) is 0.208. The van der Waals surface area contributed by atoms with Gasteiger partial charge in [-0.3, -0.25) is 9.36 Å². The third-order valence-corrected chi connectivity index (χ3v) is 6.74. The molecule has 0 amide bonds. The number of hydrogen-bond acceptors (Lipinski definition) is 7. The standard InChI is InChI=1S/C24H24BrClN6O2S/c1-30(2)10-8-27-22-5-6-23(29-28-22)31-9-7-16-11-19(3-4-21(16)31)32(15-24(33)34)35-20-13-17(25)12-18(26)14-20/h3-7,9,11-14H,8,10,15H2,1-2H3,(H,27,28)(H,33,34). The second-order valence-electron chi connectivity index (χ2n) is 8.06. The average Bonchev–Trinajstić information content (AvgIpc) is 3.21. The molecule has 35 heavy (non-hydrogen) atoms. The fourth-order valence-corrected chi connectivity index (χ4v) is 5.53. The van der Waals surface area contributed by atoms with Crippen molar-refractivity contribution in [3.05, 3.63) is 70.3 Å². The van der Waals surface area contributed by atoms with E-state index in [1.165, 1.54) is 11.9 Å². The molecule has 0 bridgehead atoms. The Morgan fingerprint density at radius 2 is 1.97 bits per heavy atom. The van der Waals surface area contributed by atoms with E-state index >= 15 is 0 Å². The number of carbonyl (C=O) groups is 1. The number of hydrogen-bond donors (Lipinski definition) is 2. The Morgan fingerprint density at radius 3 is 2.66 bits per heavy atom. The maximum absolute atomic E-state index is 11.6. The average molecular weight is 576 g/mol. The van der Waals surface area contributed by atoms with Crippen molar-refractivity contribution in [2.45, 2.75) is 4.90 Å². The molecule has 4 aromatic rings. The number of halogens is 2. The highest BCUT2D eigenvalue weighted by Crippen LogP contribution is 2.34. The summed E-state index contributed by atoms with van der Waals surface area (Å²) < 4.78 is 4.51. The lowest BCUT2D eigenvalue weighted by Gasteiger charge is -2.22. The number of nitrogens with one attached hydrogen (secondary N) is 1. The van der Waals surface area contributed by atoms with Crippen LogP contribution >= 0.6 is 39.5 Å². The molecule has 4 rings (SSSR count). The summed E-state index contributed by atoms with van der Waals surface area (Å²) in [6.45, 7) is 1.52. The van der Waals surface area contributed by atoms with Crippen LogP contribution < -0.4 is 9.62 Å². The normalized spacial score (nSPS) is 11.2. The maximum atomic E-state index is 11.6. The largest absolute Gasteiger partial charge is 0.480 e. The summed E-state index contributed by atoms with van der Waals surface area (Å²) in [6, 6.07) is 17.1. The van der Waals surface area contributed by atoms with Gasteiger partial charge >= 0.3 is 5.97 Å². The number of carboxylic acid groups (broad SMARTS) is 1. The molecule has 0 aliphatic carbocycles. The molecule has 0 aliphatic rings. The number of anilines is 2. The zero-order valence-electron chi connectivity index (χ0n) is 19.2. The lowest BCUT2D eigenvalue weighted by molar-refractivity contribution is -0.135. The predicted octanol–water partition coefficient (Wildman–Crippen LogP) is 5.41. The van der Waals surface area contributed by atoms with E-state index in [-0.39, 0.29) is 6.54 Å². The van der Waals surface area contributed by atoms with Crippen LogP contribution in [0.5, 0.6) is 0 Å². The number of aromatic nitrogens is 3. The topological polar surface area (TPSA) is 86.5 Å². The first-order chi connectivity index (χ1) is 16.8. The van der Waals surface area contributed by atoms with E-state index in [1.54, 1.807) is 16.4 Å². The molecule has 0 aliphatic heterocycles. The van der Waals surface area contributed by atoms with Crippen LogP contribution in [0, 0.1) is 0 Å². The van der Waals surface area contributed by atoms with Gasteiger partial charge in [0.15, 0.2) is 5.82 Å². The molecular formula is C24H24BrClN6O2S. The molecule has 2 aromatic carbocycles. The summed E-state index contributed by atoms with van der Waals surface area (Å²) in [4.78, 5) is 14.5. The van der Waals surface area contributed by atoms with E-state index in [0.717, 1.165) is 44.9 Å². The van der Waals surface area contributed by atoms with Crippen LogP contribution in [0.15, 0.2) is 70.2 Å². The smallest absolute Gasteiger partial charge is 0.324 e. The number of rotatable bonds is 10. The van der Waals surface area contributed by atoms with Crippen molar-refractivity contribution < 1.29 is 9.90 Å². The van der Waals surface area contributed by atoms with Gasteiger partial charge < -0.3 is 19.6 Å². The minimum Gasteiger partial charge on any atom is -0.480 e. The van der Waals surface area contributed by atoms with Crippen LogP contribution in [0.1, 0.15) is 0 Å². The van der Waals surface area contributed by atoms with Crippen molar-refractivity contribution in [2.75, 3.05) is 43.4 Å². The van der Waals surface area contributed by atoms with E-state index < -0.39 is 5.97 Å². The number of likely N-dealkylation sites (N-methyl/N-ethyl adjacent to an activating group) is 1.